The minimum Gasteiger partial charge on any atom is -0.316 e. The number of rotatable bonds is 1. The molecule has 1 aliphatic heterocycles. The number of para-hydroxylation sites is 1. The Kier molecular flexibility index (Phi) is 3.20. The predicted octanol–water partition coefficient (Wildman–Crippen LogP) is 2.25. The first-order valence-electron chi connectivity index (χ1n) is 6.75. The van der Waals surface area contributed by atoms with E-state index in [2.05, 4.69) is 0 Å². The maximum atomic E-state index is 12.5. The second-order valence-corrected chi connectivity index (χ2v) is 5.06. The van der Waals surface area contributed by atoms with Crippen molar-refractivity contribution in [1.29, 1.82) is 0 Å². The van der Waals surface area contributed by atoms with Crippen molar-refractivity contribution in [3.05, 3.63) is 65.7 Å². The van der Waals surface area contributed by atoms with Gasteiger partial charge in [0.25, 0.3) is 0 Å². The number of fused-ring (bicyclic) bond motifs is 1. The summed E-state index contributed by atoms with van der Waals surface area (Å²) >= 11 is 0. The molecule has 1 amide bonds. The smallest absolute Gasteiger partial charge is 0.316 e. The van der Waals surface area contributed by atoms with Gasteiger partial charge in [-0.25, -0.2) is 4.79 Å². The van der Waals surface area contributed by atoms with Gasteiger partial charge in [0.2, 0.25) is 5.69 Å². The van der Waals surface area contributed by atoms with Crippen LogP contribution in [0, 0.1) is 0 Å². The summed E-state index contributed by atoms with van der Waals surface area (Å²) in [5.74, 6) is -0.0370. The van der Waals surface area contributed by atoms with Crippen molar-refractivity contribution < 1.29 is 9.37 Å². The Balaban J connectivity index is 2.24. The van der Waals surface area contributed by atoms with Crippen LogP contribution in [-0.4, -0.2) is 22.2 Å². The molecule has 1 heterocycles. The van der Waals surface area contributed by atoms with Crippen molar-refractivity contribution in [2.45, 2.75) is 19.4 Å². The first kappa shape index (κ1) is 12.8. The predicted molar refractivity (Wildman–Crippen MR) is 79.3 cm³/mol. The van der Waals surface area contributed by atoms with Crippen molar-refractivity contribution in [3.8, 4) is 0 Å². The normalized spacial score (nSPS) is 20.5. The maximum absolute atomic E-state index is 12.5. The molecule has 100 valence electrons. The van der Waals surface area contributed by atoms with Gasteiger partial charge < -0.3 is 5.73 Å². The molecular formula is C17H17N2O+. The third kappa shape index (κ3) is 2.06. The number of hydrogen-bond acceptors (Lipinski definition) is 2. The van der Waals surface area contributed by atoms with Gasteiger partial charge in [-0.1, -0.05) is 36.4 Å². The van der Waals surface area contributed by atoms with Crippen LogP contribution in [0.1, 0.15) is 18.1 Å². The van der Waals surface area contributed by atoms with Crippen LogP contribution in [0.2, 0.25) is 0 Å². The Bertz CT molecular complexity index is 689. The summed E-state index contributed by atoms with van der Waals surface area (Å²) in [7, 11) is 0. The number of hydrogen-bond donors (Lipinski definition) is 1. The van der Waals surface area contributed by atoms with Crippen LogP contribution in [0.5, 0.6) is 0 Å². The van der Waals surface area contributed by atoms with Crippen LogP contribution < -0.4 is 5.73 Å². The molecule has 3 nitrogen and oxygen atoms in total. The minimum absolute atomic E-state index is 0.0370. The summed E-state index contributed by atoms with van der Waals surface area (Å²) in [5, 5.41) is 0. The second-order valence-electron chi connectivity index (χ2n) is 5.06. The Hall–Kier alpha value is -2.26. The molecule has 2 N–H and O–H groups in total. The maximum Gasteiger partial charge on any atom is 0.410 e. The molecule has 0 fully saturated rings. The first-order valence-corrected chi connectivity index (χ1v) is 6.75. The molecular weight excluding hydrogens is 248 g/mol. The van der Waals surface area contributed by atoms with Gasteiger partial charge in [-0.05, 0) is 12.1 Å². The molecule has 0 saturated heterocycles. The molecule has 0 aliphatic carbocycles. The Morgan fingerprint density at radius 3 is 2.50 bits per heavy atom. The zero-order chi connectivity index (χ0) is 14.1. The molecule has 0 unspecified atom stereocenters. The average molecular weight is 265 g/mol. The van der Waals surface area contributed by atoms with Gasteiger partial charge in [0, 0.05) is 30.5 Å². The minimum atomic E-state index is -0.469. The summed E-state index contributed by atoms with van der Waals surface area (Å²) in [6.45, 7) is 1.96. The summed E-state index contributed by atoms with van der Waals surface area (Å²) in [6, 6.07) is 17.4. The SMILES string of the molecule is CC(c1ccccc1)=[N+]1C(=O)[C@H](N)Cc2ccccc21. The van der Waals surface area contributed by atoms with Crippen LogP contribution >= 0.6 is 0 Å². The highest BCUT2D eigenvalue weighted by Gasteiger charge is 2.37. The van der Waals surface area contributed by atoms with Gasteiger partial charge in [-0.2, -0.15) is 0 Å². The van der Waals surface area contributed by atoms with Crippen molar-refractivity contribution in [3.63, 3.8) is 0 Å². The van der Waals surface area contributed by atoms with E-state index in [0.29, 0.717) is 6.42 Å². The van der Waals surface area contributed by atoms with Crippen molar-refractivity contribution in [2.24, 2.45) is 5.73 Å². The summed E-state index contributed by atoms with van der Waals surface area (Å²) in [4.78, 5) is 12.5. The van der Waals surface area contributed by atoms with E-state index in [4.69, 9.17) is 5.73 Å². The third-order valence-corrected chi connectivity index (χ3v) is 3.74. The lowest BCUT2D eigenvalue weighted by Crippen LogP contribution is -2.44. The summed E-state index contributed by atoms with van der Waals surface area (Å²) in [5.41, 5.74) is 10.0. The zero-order valence-corrected chi connectivity index (χ0v) is 11.4. The van der Waals surface area contributed by atoms with Gasteiger partial charge in [-0.3, -0.25) is 0 Å². The largest absolute Gasteiger partial charge is 0.410 e. The number of amides is 1. The molecule has 0 radical (unpaired) electrons. The fraction of sp³-hybridized carbons (Fsp3) is 0.176. The van der Waals surface area contributed by atoms with E-state index in [1.807, 2.05) is 61.5 Å². The molecule has 2 aromatic carbocycles. The fourth-order valence-corrected chi connectivity index (χ4v) is 2.66. The molecule has 0 bridgehead atoms. The lowest BCUT2D eigenvalue weighted by atomic mass is 9.97. The van der Waals surface area contributed by atoms with Gasteiger partial charge in [0.05, 0.1) is 0 Å². The monoisotopic (exact) mass is 265 g/mol. The van der Waals surface area contributed by atoms with Crippen molar-refractivity contribution in [1.82, 2.24) is 0 Å². The second kappa shape index (κ2) is 5.02. The van der Waals surface area contributed by atoms with Crippen LogP contribution in [-0.2, 0) is 11.2 Å². The number of benzene rings is 2. The molecule has 3 rings (SSSR count). The highest BCUT2D eigenvalue weighted by Crippen LogP contribution is 2.26. The molecule has 3 heteroatoms. The van der Waals surface area contributed by atoms with Crippen LogP contribution in [0.15, 0.2) is 54.6 Å². The fourth-order valence-electron chi connectivity index (χ4n) is 2.66. The van der Waals surface area contributed by atoms with E-state index in [1.165, 1.54) is 0 Å². The van der Waals surface area contributed by atoms with Crippen molar-refractivity contribution >= 4 is 17.3 Å². The van der Waals surface area contributed by atoms with Crippen molar-refractivity contribution in [2.75, 3.05) is 0 Å². The van der Waals surface area contributed by atoms with E-state index in [9.17, 15) is 4.79 Å². The summed E-state index contributed by atoms with van der Waals surface area (Å²) < 4.78 is 1.75. The lowest BCUT2D eigenvalue weighted by molar-refractivity contribution is -0.373. The summed E-state index contributed by atoms with van der Waals surface area (Å²) in [6.07, 6.45) is 0.605. The average Bonchev–Trinajstić information content (AvgIpc) is 2.49. The van der Waals surface area contributed by atoms with Crippen LogP contribution in [0.25, 0.3) is 0 Å². The molecule has 1 atom stereocenters. The van der Waals surface area contributed by atoms with E-state index in [1.54, 1.807) is 4.58 Å². The Labute approximate surface area is 118 Å². The van der Waals surface area contributed by atoms with Gasteiger partial charge >= 0.3 is 5.91 Å². The highest BCUT2D eigenvalue weighted by molar-refractivity contribution is 6.00. The third-order valence-electron chi connectivity index (χ3n) is 3.74. The van der Waals surface area contributed by atoms with E-state index in [0.717, 1.165) is 22.5 Å². The quantitative estimate of drug-likeness (QED) is 0.804. The first-order chi connectivity index (χ1) is 9.68. The number of carbonyl (C=O) groups excluding carboxylic acids is 1. The van der Waals surface area contributed by atoms with E-state index < -0.39 is 6.04 Å². The van der Waals surface area contributed by atoms with E-state index in [-0.39, 0.29) is 5.91 Å². The van der Waals surface area contributed by atoms with Crippen LogP contribution in [0.4, 0.5) is 5.69 Å². The molecule has 0 aromatic heterocycles. The molecule has 1 aliphatic rings. The molecule has 0 saturated carbocycles. The Morgan fingerprint density at radius 2 is 1.75 bits per heavy atom. The topological polar surface area (TPSA) is 46.1 Å². The zero-order valence-electron chi connectivity index (χ0n) is 11.4. The van der Waals surface area contributed by atoms with E-state index >= 15 is 0 Å². The molecule has 2 aromatic rings. The van der Waals surface area contributed by atoms with Gasteiger partial charge in [-0.15, -0.1) is 4.58 Å². The molecule has 20 heavy (non-hydrogen) atoms. The number of nitrogens with zero attached hydrogens (tertiary/aromatic N) is 1. The number of carbonyl (C=O) groups is 1. The molecule has 0 spiro atoms. The van der Waals surface area contributed by atoms with Gasteiger partial charge in [0.1, 0.15) is 6.04 Å². The lowest BCUT2D eigenvalue weighted by Gasteiger charge is -2.18. The van der Waals surface area contributed by atoms with Crippen LogP contribution in [0.3, 0.4) is 0 Å². The standard InChI is InChI=1S/C17H17N2O/c1-12(13-7-3-2-4-8-13)19-16-10-6-5-9-14(16)11-15(18)17(19)20/h2-10,15H,11,18H2,1H3/q+1/t15-/m1/s1. The highest BCUT2D eigenvalue weighted by atomic mass is 16.2. The Morgan fingerprint density at radius 1 is 1.10 bits per heavy atom. The van der Waals surface area contributed by atoms with Gasteiger partial charge in [0.15, 0.2) is 5.71 Å². The number of nitrogens with two attached hydrogens (primary N) is 1.